The van der Waals surface area contributed by atoms with E-state index in [1.54, 1.807) is 36.4 Å². The van der Waals surface area contributed by atoms with Crippen molar-refractivity contribution in [3.05, 3.63) is 48.3 Å². The van der Waals surface area contributed by atoms with Gasteiger partial charge in [0.25, 0.3) is 0 Å². The Morgan fingerprint density at radius 1 is 1.47 bits per heavy atom. The molecule has 0 bridgehead atoms. The molecule has 78 valence electrons. The number of imidazole rings is 1. The molecule has 0 amide bonds. The molecule has 1 N–H and O–H groups in total. The fraction of sp³-hybridized carbons (Fsp3) is 0.182. The molecule has 0 aliphatic rings. The van der Waals surface area contributed by atoms with Gasteiger partial charge in [0.15, 0.2) is 0 Å². The van der Waals surface area contributed by atoms with Crippen LogP contribution in [0.3, 0.4) is 0 Å². The Labute approximate surface area is 87.6 Å². The summed E-state index contributed by atoms with van der Waals surface area (Å²) in [5, 5.41) is 2.95. The Kier molecular flexibility index (Phi) is 2.78. The number of nitrogens with one attached hydrogen (secondary N) is 1. The summed E-state index contributed by atoms with van der Waals surface area (Å²) in [7, 11) is 1.80. The number of nitrogens with zero attached hydrogens (tertiary/aromatic N) is 2. The van der Waals surface area contributed by atoms with E-state index in [2.05, 4.69) is 10.3 Å². The van der Waals surface area contributed by atoms with Gasteiger partial charge in [-0.3, -0.25) is 0 Å². The lowest BCUT2D eigenvalue weighted by Crippen LogP contribution is -2.10. The maximum atomic E-state index is 13.6. The van der Waals surface area contributed by atoms with Crippen LogP contribution >= 0.6 is 0 Å². The lowest BCUT2D eigenvalue weighted by molar-refractivity contribution is 0.598. The van der Waals surface area contributed by atoms with Crippen molar-refractivity contribution in [2.75, 3.05) is 7.05 Å². The van der Waals surface area contributed by atoms with E-state index >= 15 is 0 Å². The maximum absolute atomic E-state index is 13.6. The molecule has 2 rings (SSSR count). The second kappa shape index (κ2) is 4.23. The summed E-state index contributed by atoms with van der Waals surface area (Å²) < 4.78 is 15.4. The Bertz CT molecular complexity index is 437. The molecule has 0 saturated carbocycles. The third kappa shape index (κ3) is 1.89. The van der Waals surface area contributed by atoms with Crippen LogP contribution in [0.1, 0.15) is 5.56 Å². The van der Waals surface area contributed by atoms with Crippen LogP contribution < -0.4 is 5.32 Å². The third-order valence-electron chi connectivity index (χ3n) is 2.23. The normalized spacial score (nSPS) is 10.5. The minimum Gasteiger partial charge on any atom is -0.316 e. The maximum Gasteiger partial charge on any atom is 0.129 e. The standard InChI is InChI=1S/C11H12FN3/c1-13-7-9-10(12)3-2-4-11(9)15-6-5-14-8-15/h2-6,8,13H,7H2,1H3. The van der Waals surface area contributed by atoms with Crippen molar-refractivity contribution < 1.29 is 4.39 Å². The molecule has 0 radical (unpaired) electrons. The van der Waals surface area contributed by atoms with Crippen LogP contribution in [0.25, 0.3) is 5.69 Å². The van der Waals surface area contributed by atoms with Gasteiger partial charge in [-0.25, -0.2) is 9.37 Å². The van der Waals surface area contributed by atoms with Crippen LogP contribution in [0.4, 0.5) is 4.39 Å². The summed E-state index contributed by atoms with van der Waals surface area (Å²) >= 11 is 0. The van der Waals surface area contributed by atoms with Crippen LogP contribution in [-0.4, -0.2) is 16.6 Å². The average molecular weight is 205 g/mol. The van der Waals surface area contributed by atoms with E-state index in [9.17, 15) is 4.39 Å². The molecule has 0 aliphatic heterocycles. The molecule has 0 fully saturated rings. The molecular formula is C11H12FN3. The van der Waals surface area contributed by atoms with E-state index in [-0.39, 0.29) is 5.82 Å². The predicted molar refractivity (Wildman–Crippen MR) is 56.3 cm³/mol. The molecular weight excluding hydrogens is 193 g/mol. The number of hydrogen-bond donors (Lipinski definition) is 1. The molecule has 0 spiro atoms. The molecule has 0 aliphatic carbocycles. The summed E-state index contributed by atoms with van der Waals surface area (Å²) in [5.74, 6) is -0.199. The largest absolute Gasteiger partial charge is 0.316 e. The summed E-state index contributed by atoms with van der Waals surface area (Å²) in [6.45, 7) is 0.500. The molecule has 4 heteroatoms. The minimum atomic E-state index is -0.199. The zero-order chi connectivity index (χ0) is 10.7. The van der Waals surface area contributed by atoms with Gasteiger partial charge in [0.1, 0.15) is 5.82 Å². The van der Waals surface area contributed by atoms with Gasteiger partial charge >= 0.3 is 0 Å². The van der Waals surface area contributed by atoms with E-state index in [0.717, 1.165) is 5.69 Å². The lowest BCUT2D eigenvalue weighted by Gasteiger charge is -2.10. The van der Waals surface area contributed by atoms with Crippen molar-refractivity contribution in [3.8, 4) is 5.69 Å². The lowest BCUT2D eigenvalue weighted by atomic mass is 10.1. The highest BCUT2D eigenvalue weighted by atomic mass is 19.1. The fourth-order valence-electron chi connectivity index (χ4n) is 1.54. The number of halogens is 1. The zero-order valence-corrected chi connectivity index (χ0v) is 8.44. The Morgan fingerprint density at radius 2 is 2.33 bits per heavy atom. The molecule has 1 aromatic heterocycles. The SMILES string of the molecule is CNCc1c(F)cccc1-n1ccnc1. The number of benzene rings is 1. The first-order valence-corrected chi connectivity index (χ1v) is 4.73. The van der Waals surface area contributed by atoms with E-state index in [1.807, 2.05) is 6.07 Å². The second-order valence-corrected chi connectivity index (χ2v) is 3.24. The summed E-state index contributed by atoms with van der Waals surface area (Å²) in [6.07, 6.45) is 5.13. The van der Waals surface area contributed by atoms with Gasteiger partial charge in [-0.15, -0.1) is 0 Å². The second-order valence-electron chi connectivity index (χ2n) is 3.24. The van der Waals surface area contributed by atoms with Gasteiger partial charge in [-0.2, -0.15) is 0 Å². The quantitative estimate of drug-likeness (QED) is 0.827. The van der Waals surface area contributed by atoms with Crippen molar-refractivity contribution in [1.29, 1.82) is 0 Å². The monoisotopic (exact) mass is 205 g/mol. The molecule has 1 heterocycles. The molecule has 15 heavy (non-hydrogen) atoms. The van der Waals surface area contributed by atoms with Crippen LogP contribution in [-0.2, 0) is 6.54 Å². The van der Waals surface area contributed by atoms with Gasteiger partial charge in [-0.1, -0.05) is 6.07 Å². The van der Waals surface area contributed by atoms with Gasteiger partial charge in [0.05, 0.1) is 12.0 Å². The van der Waals surface area contributed by atoms with Gasteiger partial charge in [0, 0.05) is 24.5 Å². The fourth-order valence-corrected chi connectivity index (χ4v) is 1.54. The highest BCUT2D eigenvalue weighted by Gasteiger charge is 2.08. The Morgan fingerprint density at radius 3 is 3.00 bits per heavy atom. The Balaban J connectivity index is 2.51. The number of aromatic nitrogens is 2. The highest BCUT2D eigenvalue weighted by Crippen LogP contribution is 2.17. The van der Waals surface area contributed by atoms with Crippen LogP contribution in [0.2, 0.25) is 0 Å². The van der Waals surface area contributed by atoms with Gasteiger partial charge in [-0.05, 0) is 19.2 Å². The first-order chi connectivity index (χ1) is 7.33. The van der Waals surface area contributed by atoms with E-state index in [4.69, 9.17) is 0 Å². The summed E-state index contributed by atoms with van der Waals surface area (Å²) in [5.41, 5.74) is 1.47. The first-order valence-electron chi connectivity index (χ1n) is 4.73. The van der Waals surface area contributed by atoms with E-state index < -0.39 is 0 Å². The van der Waals surface area contributed by atoms with Crippen molar-refractivity contribution >= 4 is 0 Å². The molecule has 2 aromatic rings. The van der Waals surface area contributed by atoms with E-state index in [1.165, 1.54) is 6.07 Å². The minimum absolute atomic E-state index is 0.199. The molecule has 0 saturated heterocycles. The Hall–Kier alpha value is -1.68. The first kappa shape index (κ1) is 9.86. The van der Waals surface area contributed by atoms with Crippen LogP contribution in [0, 0.1) is 5.82 Å². The zero-order valence-electron chi connectivity index (χ0n) is 8.44. The van der Waals surface area contributed by atoms with Crippen molar-refractivity contribution in [2.45, 2.75) is 6.54 Å². The highest BCUT2D eigenvalue weighted by molar-refractivity contribution is 5.41. The molecule has 0 atom stereocenters. The molecule has 0 unspecified atom stereocenters. The van der Waals surface area contributed by atoms with Gasteiger partial charge < -0.3 is 9.88 Å². The number of rotatable bonds is 3. The summed E-state index contributed by atoms with van der Waals surface area (Å²) in [4.78, 5) is 3.95. The predicted octanol–water partition coefficient (Wildman–Crippen LogP) is 1.73. The molecule has 1 aromatic carbocycles. The van der Waals surface area contributed by atoms with Crippen molar-refractivity contribution in [2.24, 2.45) is 0 Å². The summed E-state index contributed by atoms with van der Waals surface area (Å²) in [6, 6.07) is 5.04. The van der Waals surface area contributed by atoms with Crippen molar-refractivity contribution in [1.82, 2.24) is 14.9 Å². The topological polar surface area (TPSA) is 29.9 Å². The van der Waals surface area contributed by atoms with E-state index in [0.29, 0.717) is 12.1 Å². The smallest absolute Gasteiger partial charge is 0.129 e. The molecule has 3 nitrogen and oxygen atoms in total. The average Bonchev–Trinajstić information content (AvgIpc) is 2.74. The van der Waals surface area contributed by atoms with Crippen LogP contribution in [0.5, 0.6) is 0 Å². The third-order valence-corrected chi connectivity index (χ3v) is 2.23. The van der Waals surface area contributed by atoms with Gasteiger partial charge in [0.2, 0.25) is 0 Å². The number of hydrogen-bond acceptors (Lipinski definition) is 2. The van der Waals surface area contributed by atoms with Crippen LogP contribution in [0.15, 0.2) is 36.9 Å². The van der Waals surface area contributed by atoms with Crippen molar-refractivity contribution in [3.63, 3.8) is 0 Å².